The zero-order chi connectivity index (χ0) is 17.5. The number of nitrogens with zero attached hydrogens (tertiary/aromatic N) is 1. The third-order valence-corrected chi connectivity index (χ3v) is 3.00. The van der Waals surface area contributed by atoms with E-state index in [4.69, 9.17) is 0 Å². The summed E-state index contributed by atoms with van der Waals surface area (Å²) in [6, 6.07) is 12.6. The van der Waals surface area contributed by atoms with Crippen LogP contribution in [0, 0.1) is 10.1 Å². The van der Waals surface area contributed by atoms with Gasteiger partial charge in [0.2, 0.25) is 11.8 Å². The van der Waals surface area contributed by atoms with Gasteiger partial charge in [-0.05, 0) is 48.0 Å². The molecule has 0 saturated heterocycles. The fraction of sp³-hybridized carbons (Fsp3) is 0.0588. The summed E-state index contributed by atoms with van der Waals surface area (Å²) in [6.07, 6.45) is 2.90. The molecule has 2 aromatic carbocycles. The molecule has 0 bridgehead atoms. The Morgan fingerprint density at radius 2 is 1.50 bits per heavy atom. The number of nitrogens with one attached hydrogen (secondary N) is 2. The molecule has 2 aromatic rings. The molecule has 2 amide bonds. The molecule has 2 N–H and O–H groups in total. The highest BCUT2D eigenvalue weighted by Gasteiger charge is 2.03. The second-order valence-electron chi connectivity index (χ2n) is 4.93. The summed E-state index contributed by atoms with van der Waals surface area (Å²) in [5.41, 5.74) is 1.90. The van der Waals surface area contributed by atoms with Crippen molar-refractivity contribution in [1.82, 2.24) is 0 Å². The van der Waals surface area contributed by atoms with Gasteiger partial charge in [-0.25, -0.2) is 0 Å². The molecular formula is C17H15N3O4. The van der Waals surface area contributed by atoms with E-state index in [9.17, 15) is 19.7 Å². The Labute approximate surface area is 138 Å². The van der Waals surface area contributed by atoms with Gasteiger partial charge in [0.05, 0.1) is 4.92 Å². The predicted molar refractivity (Wildman–Crippen MR) is 91.5 cm³/mol. The number of rotatable bonds is 5. The maximum atomic E-state index is 11.8. The van der Waals surface area contributed by atoms with Crippen LogP contribution < -0.4 is 10.6 Å². The number of non-ortho nitro benzene ring substituents is 1. The Balaban J connectivity index is 1.94. The molecule has 7 nitrogen and oxygen atoms in total. The standard InChI is InChI=1S/C17H15N3O4/c1-12(21)18-14-5-7-15(8-6-14)19-17(22)11-4-13-2-9-16(10-3-13)20(23)24/h2-11H,1H3,(H,18,21)(H,19,22). The Morgan fingerprint density at radius 3 is 2.00 bits per heavy atom. The van der Waals surface area contributed by atoms with E-state index in [0.29, 0.717) is 16.9 Å². The first-order valence-electron chi connectivity index (χ1n) is 7.05. The van der Waals surface area contributed by atoms with Crippen molar-refractivity contribution in [2.24, 2.45) is 0 Å². The summed E-state index contributed by atoms with van der Waals surface area (Å²) in [4.78, 5) is 32.9. The number of carbonyl (C=O) groups is 2. The fourth-order valence-electron chi connectivity index (χ4n) is 1.90. The third kappa shape index (κ3) is 5.06. The number of amides is 2. The van der Waals surface area contributed by atoms with E-state index in [2.05, 4.69) is 10.6 Å². The molecule has 122 valence electrons. The van der Waals surface area contributed by atoms with Crippen LogP contribution in [0.5, 0.6) is 0 Å². The van der Waals surface area contributed by atoms with Crippen molar-refractivity contribution in [2.45, 2.75) is 6.92 Å². The molecular weight excluding hydrogens is 310 g/mol. The van der Waals surface area contributed by atoms with Crippen molar-refractivity contribution in [3.63, 3.8) is 0 Å². The summed E-state index contributed by atoms with van der Waals surface area (Å²) in [5, 5.41) is 15.9. The smallest absolute Gasteiger partial charge is 0.269 e. The summed E-state index contributed by atoms with van der Waals surface area (Å²) < 4.78 is 0. The van der Waals surface area contributed by atoms with Gasteiger partial charge in [-0.3, -0.25) is 19.7 Å². The zero-order valence-corrected chi connectivity index (χ0v) is 12.9. The van der Waals surface area contributed by atoms with Crippen LogP contribution in [-0.4, -0.2) is 16.7 Å². The second-order valence-corrected chi connectivity index (χ2v) is 4.93. The second kappa shape index (κ2) is 7.68. The van der Waals surface area contributed by atoms with Crippen LogP contribution in [0.1, 0.15) is 12.5 Å². The molecule has 0 saturated carbocycles. The van der Waals surface area contributed by atoms with Gasteiger partial charge in [0.1, 0.15) is 0 Å². The van der Waals surface area contributed by atoms with Gasteiger partial charge in [0.15, 0.2) is 0 Å². The first-order chi connectivity index (χ1) is 11.4. The van der Waals surface area contributed by atoms with Crippen LogP contribution in [0.2, 0.25) is 0 Å². The minimum atomic E-state index is -0.481. The van der Waals surface area contributed by atoms with Gasteiger partial charge in [-0.2, -0.15) is 0 Å². The zero-order valence-electron chi connectivity index (χ0n) is 12.9. The molecule has 24 heavy (non-hydrogen) atoms. The van der Waals surface area contributed by atoms with Gasteiger partial charge in [0.25, 0.3) is 5.69 Å². The van der Waals surface area contributed by atoms with Crippen LogP contribution in [0.25, 0.3) is 6.08 Å². The Kier molecular flexibility index (Phi) is 5.40. The Hall–Kier alpha value is -3.48. The number of benzene rings is 2. The van der Waals surface area contributed by atoms with Crippen LogP contribution >= 0.6 is 0 Å². The molecule has 0 atom stereocenters. The van der Waals surface area contributed by atoms with E-state index in [1.807, 2.05) is 0 Å². The largest absolute Gasteiger partial charge is 0.326 e. The summed E-state index contributed by atoms with van der Waals surface area (Å²) in [6.45, 7) is 1.42. The minimum Gasteiger partial charge on any atom is -0.326 e. The first-order valence-corrected chi connectivity index (χ1v) is 7.05. The van der Waals surface area contributed by atoms with Gasteiger partial charge in [0, 0.05) is 36.5 Å². The summed E-state index contributed by atoms with van der Waals surface area (Å²) in [5.74, 6) is -0.501. The van der Waals surface area contributed by atoms with Gasteiger partial charge >= 0.3 is 0 Å². The first kappa shape index (κ1) is 16.9. The summed E-state index contributed by atoms with van der Waals surface area (Å²) >= 11 is 0. The quantitative estimate of drug-likeness (QED) is 0.500. The lowest BCUT2D eigenvalue weighted by Gasteiger charge is -2.05. The average molecular weight is 325 g/mol. The van der Waals surface area contributed by atoms with Crippen molar-refractivity contribution < 1.29 is 14.5 Å². The average Bonchev–Trinajstić information content (AvgIpc) is 2.54. The van der Waals surface area contributed by atoms with E-state index in [1.54, 1.807) is 42.5 Å². The van der Waals surface area contributed by atoms with Crippen molar-refractivity contribution in [1.29, 1.82) is 0 Å². The van der Waals surface area contributed by atoms with Gasteiger partial charge < -0.3 is 10.6 Å². The molecule has 7 heteroatoms. The highest BCUT2D eigenvalue weighted by Crippen LogP contribution is 2.15. The number of nitro groups is 1. The van der Waals surface area contributed by atoms with Crippen molar-refractivity contribution in [3.05, 3.63) is 70.3 Å². The van der Waals surface area contributed by atoms with E-state index in [1.165, 1.54) is 25.1 Å². The number of carbonyl (C=O) groups excluding carboxylic acids is 2. The molecule has 0 unspecified atom stereocenters. The summed E-state index contributed by atoms with van der Waals surface area (Å²) in [7, 11) is 0. The molecule has 0 aromatic heterocycles. The number of anilines is 2. The maximum absolute atomic E-state index is 11.8. The molecule has 0 aliphatic rings. The van der Waals surface area contributed by atoms with E-state index in [-0.39, 0.29) is 17.5 Å². The SMILES string of the molecule is CC(=O)Nc1ccc(NC(=O)C=Cc2ccc([N+](=O)[O-])cc2)cc1. The van der Waals surface area contributed by atoms with Gasteiger partial charge in [-0.1, -0.05) is 0 Å². The molecule has 0 fully saturated rings. The van der Waals surface area contributed by atoms with E-state index in [0.717, 1.165) is 0 Å². The lowest BCUT2D eigenvalue weighted by atomic mass is 10.2. The van der Waals surface area contributed by atoms with E-state index >= 15 is 0 Å². The van der Waals surface area contributed by atoms with Crippen LogP contribution in [0.4, 0.5) is 17.1 Å². The number of nitro benzene ring substituents is 1. The monoisotopic (exact) mass is 325 g/mol. The molecule has 0 heterocycles. The lowest BCUT2D eigenvalue weighted by molar-refractivity contribution is -0.384. The minimum absolute atomic E-state index is 0.00383. The van der Waals surface area contributed by atoms with Crippen molar-refractivity contribution in [3.8, 4) is 0 Å². The fourth-order valence-corrected chi connectivity index (χ4v) is 1.90. The van der Waals surface area contributed by atoms with Crippen LogP contribution in [0.15, 0.2) is 54.6 Å². The number of hydrogen-bond donors (Lipinski definition) is 2. The molecule has 0 radical (unpaired) electrons. The van der Waals surface area contributed by atoms with Gasteiger partial charge in [-0.15, -0.1) is 0 Å². The number of hydrogen-bond acceptors (Lipinski definition) is 4. The van der Waals surface area contributed by atoms with Crippen LogP contribution in [-0.2, 0) is 9.59 Å². The topological polar surface area (TPSA) is 101 Å². The highest BCUT2D eigenvalue weighted by atomic mass is 16.6. The van der Waals surface area contributed by atoms with Crippen molar-refractivity contribution >= 4 is 35.0 Å². The Morgan fingerprint density at radius 1 is 0.958 bits per heavy atom. The maximum Gasteiger partial charge on any atom is 0.269 e. The predicted octanol–water partition coefficient (Wildman–Crippen LogP) is 3.21. The molecule has 0 aliphatic heterocycles. The lowest BCUT2D eigenvalue weighted by Crippen LogP contribution is -2.08. The third-order valence-electron chi connectivity index (χ3n) is 3.00. The molecule has 2 rings (SSSR count). The highest BCUT2D eigenvalue weighted by molar-refractivity contribution is 6.02. The normalized spacial score (nSPS) is 10.4. The van der Waals surface area contributed by atoms with E-state index < -0.39 is 4.92 Å². The molecule has 0 aliphatic carbocycles. The molecule has 0 spiro atoms. The van der Waals surface area contributed by atoms with Crippen LogP contribution in [0.3, 0.4) is 0 Å². The van der Waals surface area contributed by atoms with Crippen molar-refractivity contribution in [2.75, 3.05) is 10.6 Å². The Bertz CT molecular complexity index is 780.